The minimum atomic E-state index is -0.194. The van der Waals surface area contributed by atoms with Crippen LogP contribution in [0.1, 0.15) is 30.9 Å². The van der Waals surface area contributed by atoms with Crippen LogP contribution < -0.4 is 5.32 Å². The molecule has 1 amide bonds. The Bertz CT molecular complexity index is 992. The van der Waals surface area contributed by atoms with Crippen molar-refractivity contribution in [3.05, 3.63) is 59.7 Å². The first-order valence-electron chi connectivity index (χ1n) is 10.6. The van der Waals surface area contributed by atoms with Crippen LogP contribution in [0, 0.1) is 0 Å². The molecule has 0 aliphatic carbocycles. The van der Waals surface area contributed by atoms with E-state index in [0.29, 0.717) is 11.7 Å². The van der Waals surface area contributed by atoms with Crippen molar-refractivity contribution in [1.82, 2.24) is 25.1 Å². The average molecular weight is 421 g/mol. The molecule has 1 aliphatic heterocycles. The summed E-state index contributed by atoms with van der Waals surface area (Å²) in [6.45, 7) is 8.68. The van der Waals surface area contributed by atoms with Crippen LogP contribution in [-0.2, 0) is 22.6 Å². The van der Waals surface area contributed by atoms with Gasteiger partial charge in [-0.05, 0) is 34.4 Å². The molecule has 1 saturated heterocycles. The molecule has 31 heavy (non-hydrogen) atoms. The Morgan fingerprint density at radius 1 is 1.06 bits per heavy atom. The molecule has 0 radical (unpaired) electrons. The van der Waals surface area contributed by atoms with Crippen LogP contribution >= 0.6 is 0 Å². The van der Waals surface area contributed by atoms with E-state index in [9.17, 15) is 4.79 Å². The minimum absolute atomic E-state index is 0.00655. The molecule has 162 valence electrons. The van der Waals surface area contributed by atoms with Crippen LogP contribution in [0.15, 0.2) is 48.5 Å². The van der Waals surface area contributed by atoms with E-state index in [1.165, 1.54) is 15.9 Å². The quantitative estimate of drug-likeness (QED) is 0.633. The largest absolute Gasteiger partial charge is 0.379 e. The summed E-state index contributed by atoms with van der Waals surface area (Å²) in [4.78, 5) is 16.1. The normalized spacial score (nSPS) is 14.7. The summed E-state index contributed by atoms with van der Waals surface area (Å²) in [7, 11) is 0. The number of hydrogen-bond acceptors (Lipinski definition) is 6. The fraction of sp³-hybridized carbons (Fsp3) is 0.391. The van der Waals surface area contributed by atoms with Gasteiger partial charge < -0.3 is 10.1 Å². The summed E-state index contributed by atoms with van der Waals surface area (Å²) >= 11 is 0. The molecule has 8 nitrogen and oxygen atoms in total. The van der Waals surface area contributed by atoms with Crippen LogP contribution in [0.4, 0.5) is 5.69 Å². The van der Waals surface area contributed by atoms with Gasteiger partial charge in [0.25, 0.3) is 0 Å². The van der Waals surface area contributed by atoms with E-state index in [2.05, 4.69) is 51.6 Å². The zero-order valence-electron chi connectivity index (χ0n) is 18.0. The number of anilines is 1. The fourth-order valence-electron chi connectivity index (χ4n) is 3.48. The molecule has 0 bridgehead atoms. The van der Waals surface area contributed by atoms with Gasteiger partial charge in [-0.1, -0.05) is 50.2 Å². The number of amides is 1. The van der Waals surface area contributed by atoms with Gasteiger partial charge in [-0.15, -0.1) is 10.2 Å². The number of hydrogen-bond donors (Lipinski definition) is 1. The van der Waals surface area contributed by atoms with Gasteiger partial charge in [0.2, 0.25) is 11.7 Å². The maximum atomic E-state index is 12.4. The van der Waals surface area contributed by atoms with Gasteiger partial charge in [-0.2, -0.15) is 4.80 Å². The van der Waals surface area contributed by atoms with E-state index in [1.807, 2.05) is 36.4 Å². The van der Waals surface area contributed by atoms with Gasteiger partial charge in [0, 0.05) is 30.9 Å². The van der Waals surface area contributed by atoms with Crippen molar-refractivity contribution in [3.8, 4) is 11.4 Å². The third-order valence-electron chi connectivity index (χ3n) is 5.32. The second-order valence-electron chi connectivity index (χ2n) is 8.05. The third-order valence-corrected chi connectivity index (χ3v) is 5.32. The summed E-state index contributed by atoms with van der Waals surface area (Å²) in [6, 6.07) is 16.0. The molecular formula is C23H28N6O2. The lowest BCUT2D eigenvalue weighted by atomic mass is 10.0. The number of carbonyl (C=O) groups excluding carboxylic acids is 1. The van der Waals surface area contributed by atoms with Crippen molar-refractivity contribution in [2.45, 2.75) is 32.9 Å². The molecule has 1 N–H and O–H groups in total. The molecule has 1 fully saturated rings. The number of nitrogens with zero attached hydrogens (tertiary/aromatic N) is 5. The van der Waals surface area contributed by atoms with Gasteiger partial charge >= 0.3 is 0 Å². The Balaban J connectivity index is 1.30. The van der Waals surface area contributed by atoms with Crippen LogP contribution in [-0.4, -0.2) is 57.3 Å². The molecule has 8 heteroatoms. The van der Waals surface area contributed by atoms with E-state index in [-0.39, 0.29) is 12.5 Å². The molecular weight excluding hydrogens is 392 g/mol. The van der Waals surface area contributed by atoms with Gasteiger partial charge in [-0.3, -0.25) is 9.69 Å². The molecule has 4 rings (SSSR count). The SMILES string of the molecule is CC(C)c1ccc(-c2nnn(CC(=O)Nc3ccc(CN4CCOCC4)cc3)n2)cc1. The molecule has 2 aromatic carbocycles. The number of nitrogens with one attached hydrogen (secondary N) is 1. The molecule has 2 heterocycles. The second kappa shape index (κ2) is 9.80. The average Bonchev–Trinajstić information content (AvgIpc) is 3.24. The van der Waals surface area contributed by atoms with E-state index >= 15 is 0 Å². The van der Waals surface area contributed by atoms with Crippen molar-refractivity contribution >= 4 is 11.6 Å². The number of benzene rings is 2. The number of tetrazole rings is 1. The van der Waals surface area contributed by atoms with Crippen molar-refractivity contribution in [2.75, 3.05) is 31.6 Å². The van der Waals surface area contributed by atoms with Crippen molar-refractivity contribution in [1.29, 1.82) is 0 Å². The summed E-state index contributed by atoms with van der Waals surface area (Å²) in [6.07, 6.45) is 0. The smallest absolute Gasteiger partial charge is 0.248 e. The van der Waals surface area contributed by atoms with E-state index in [4.69, 9.17) is 4.74 Å². The molecule has 0 spiro atoms. The lowest BCUT2D eigenvalue weighted by Crippen LogP contribution is -2.35. The van der Waals surface area contributed by atoms with Gasteiger partial charge in [0.1, 0.15) is 6.54 Å². The lowest BCUT2D eigenvalue weighted by Gasteiger charge is -2.26. The topological polar surface area (TPSA) is 85.2 Å². The van der Waals surface area contributed by atoms with E-state index < -0.39 is 0 Å². The highest BCUT2D eigenvalue weighted by atomic mass is 16.5. The minimum Gasteiger partial charge on any atom is -0.379 e. The first-order valence-corrected chi connectivity index (χ1v) is 10.6. The number of rotatable bonds is 7. The van der Waals surface area contributed by atoms with Crippen LogP contribution in [0.2, 0.25) is 0 Å². The zero-order valence-corrected chi connectivity index (χ0v) is 18.0. The Morgan fingerprint density at radius 3 is 2.45 bits per heavy atom. The third kappa shape index (κ3) is 5.74. The fourth-order valence-corrected chi connectivity index (χ4v) is 3.48. The van der Waals surface area contributed by atoms with Crippen molar-refractivity contribution < 1.29 is 9.53 Å². The van der Waals surface area contributed by atoms with Gasteiger partial charge in [0.15, 0.2) is 0 Å². The summed E-state index contributed by atoms with van der Waals surface area (Å²) in [5.41, 5.74) is 4.10. The number of ether oxygens (including phenoxy) is 1. The Morgan fingerprint density at radius 2 is 1.77 bits per heavy atom. The Kier molecular flexibility index (Phi) is 6.69. The molecule has 0 saturated carbocycles. The summed E-state index contributed by atoms with van der Waals surface area (Å²) in [5.74, 6) is 0.783. The van der Waals surface area contributed by atoms with E-state index in [0.717, 1.165) is 44.1 Å². The van der Waals surface area contributed by atoms with Crippen LogP contribution in [0.3, 0.4) is 0 Å². The first kappa shape index (κ1) is 21.1. The predicted octanol–water partition coefficient (Wildman–Crippen LogP) is 2.93. The molecule has 0 unspecified atom stereocenters. The van der Waals surface area contributed by atoms with Crippen molar-refractivity contribution in [2.24, 2.45) is 0 Å². The standard InChI is InChI=1S/C23H28N6O2/c1-17(2)19-5-7-20(8-6-19)23-25-27-29(26-23)16-22(30)24-21-9-3-18(4-10-21)15-28-11-13-31-14-12-28/h3-10,17H,11-16H2,1-2H3,(H,24,30). The monoisotopic (exact) mass is 420 g/mol. The maximum Gasteiger partial charge on any atom is 0.248 e. The molecule has 3 aromatic rings. The van der Waals surface area contributed by atoms with Crippen LogP contribution in [0.25, 0.3) is 11.4 Å². The number of morpholine rings is 1. The molecule has 1 aromatic heterocycles. The molecule has 1 aliphatic rings. The highest BCUT2D eigenvalue weighted by Crippen LogP contribution is 2.19. The lowest BCUT2D eigenvalue weighted by molar-refractivity contribution is -0.117. The first-order chi connectivity index (χ1) is 15.1. The summed E-state index contributed by atoms with van der Waals surface area (Å²) < 4.78 is 5.38. The highest BCUT2D eigenvalue weighted by Gasteiger charge is 2.12. The zero-order chi connectivity index (χ0) is 21.6. The summed E-state index contributed by atoms with van der Waals surface area (Å²) in [5, 5.41) is 15.3. The van der Waals surface area contributed by atoms with Gasteiger partial charge in [-0.25, -0.2) is 0 Å². The second-order valence-corrected chi connectivity index (χ2v) is 8.05. The van der Waals surface area contributed by atoms with E-state index in [1.54, 1.807) is 0 Å². The van der Waals surface area contributed by atoms with Crippen LogP contribution in [0.5, 0.6) is 0 Å². The highest BCUT2D eigenvalue weighted by molar-refractivity contribution is 5.90. The number of aromatic nitrogens is 4. The maximum absolute atomic E-state index is 12.4. The van der Waals surface area contributed by atoms with Gasteiger partial charge in [0.05, 0.1) is 13.2 Å². The number of carbonyl (C=O) groups is 1. The Labute approximate surface area is 182 Å². The Hall–Kier alpha value is -3.10. The molecule has 0 atom stereocenters. The predicted molar refractivity (Wildman–Crippen MR) is 119 cm³/mol. The van der Waals surface area contributed by atoms with Crippen molar-refractivity contribution in [3.63, 3.8) is 0 Å².